The van der Waals surface area contributed by atoms with Gasteiger partial charge >= 0.3 is 0 Å². The number of carbonyl (C=O) groups excluding carboxylic acids is 2. The van der Waals surface area contributed by atoms with E-state index in [0.29, 0.717) is 15.9 Å². The monoisotopic (exact) mass is 502 g/mol. The fourth-order valence-electron chi connectivity index (χ4n) is 3.56. The van der Waals surface area contributed by atoms with E-state index in [-0.39, 0.29) is 26.2 Å². The van der Waals surface area contributed by atoms with E-state index in [2.05, 4.69) is 10.3 Å². The summed E-state index contributed by atoms with van der Waals surface area (Å²) in [5.41, 5.74) is 8.32. The molecule has 33 heavy (non-hydrogen) atoms. The van der Waals surface area contributed by atoms with Crippen LogP contribution in [0.25, 0.3) is 15.9 Å². The SMILES string of the molecule is Cc1ccc(C)n1-c1ccc(C(N)=O)c(Cl)c1C(=O)Nc1nc2ccc(S(C)(=O)=O)cc2s1. The number of halogens is 1. The standard InChI is InChI=1S/C22H19ClN4O4S2/c1-11-4-5-12(2)27(11)16-9-7-14(20(24)28)19(23)18(16)21(29)26-22-25-15-8-6-13(33(3,30)31)10-17(15)32-22/h4-10H,1-3H3,(H2,24,28)(H,25,26,29). The van der Waals surface area contributed by atoms with Crippen molar-refractivity contribution < 1.29 is 18.0 Å². The molecule has 2 aromatic heterocycles. The summed E-state index contributed by atoms with van der Waals surface area (Å²) in [5.74, 6) is -1.33. The highest BCUT2D eigenvalue weighted by atomic mass is 35.5. The van der Waals surface area contributed by atoms with E-state index in [1.165, 1.54) is 18.2 Å². The maximum atomic E-state index is 13.4. The van der Waals surface area contributed by atoms with E-state index in [4.69, 9.17) is 17.3 Å². The van der Waals surface area contributed by atoms with Gasteiger partial charge in [0.15, 0.2) is 15.0 Å². The van der Waals surface area contributed by atoms with Crippen molar-refractivity contribution in [2.24, 2.45) is 5.73 Å². The summed E-state index contributed by atoms with van der Waals surface area (Å²) >= 11 is 7.61. The molecule has 0 unspecified atom stereocenters. The van der Waals surface area contributed by atoms with Gasteiger partial charge in [-0.3, -0.25) is 14.9 Å². The molecular formula is C22H19ClN4O4S2. The van der Waals surface area contributed by atoms with E-state index in [9.17, 15) is 18.0 Å². The van der Waals surface area contributed by atoms with E-state index in [1.54, 1.807) is 12.1 Å². The number of nitrogens with zero attached hydrogens (tertiary/aromatic N) is 2. The van der Waals surface area contributed by atoms with Crippen molar-refractivity contribution in [2.45, 2.75) is 18.7 Å². The number of hydrogen-bond acceptors (Lipinski definition) is 6. The number of fused-ring (bicyclic) bond motifs is 1. The van der Waals surface area contributed by atoms with Crippen molar-refractivity contribution in [3.05, 3.63) is 70.0 Å². The third-order valence-electron chi connectivity index (χ3n) is 5.13. The maximum absolute atomic E-state index is 13.4. The molecule has 0 aliphatic heterocycles. The van der Waals surface area contributed by atoms with Crippen molar-refractivity contribution in [1.29, 1.82) is 0 Å². The smallest absolute Gasteiger partial charge is 0.261 e. The van der Waals surface area contributed by atoms with E-state index in [1.807, 2.05) is 30.5 Å². The van der Waals surface area contributed by atoms with E-state index >= 15 is 0 Å². The Balaban J connectivity index is 1.81. The Labute approximate surface area is 198 Å². The van der Waals surface area contributed by atoms with Crippen LogP contribution in [0.15, 0.2) is 47.4 Å². The average molecular weight is 503 g/mol. The number of carbonyl (C=O) groups is 2. The average Bonchev–Trinajstić information content (AvgIpc) is 3.27. The Morgan fingerprint density at radius 2 is 1.76 bits per heavy atom. The molecule has 0 fully saturated rings. The summed E-state index contributed by atoms with van der Waals surface area (Å²) in [6.45, 7) is 3.77. The number of primary amides is 1. The molecular weight excluding hydrogens is 484 g/mol. The molecule has 0 saturated carbocycles. The summed E-state index contributed by atoms with van der Waals surface area (Å²) in [6.07, 6.45) is 1.12. The quantitative estimate of drug-likeness (QED) is 0.425. The predicted molar refractivity (Wildman–Crippen MR) is 129 cm³/mol. The molecule has 0 radical (unpaired) electrons. The molecule has 11 heteroatoms. The number of anilines is 1. The van der Waals surface area contributed by atoms with Crippen LogP contribution in [0.5, 0.6) is 0 Å². The van der Waals surface area contributed by atoms with Crippen LogP contribution in [0.1, 0.15) is 32.1 Å². The molecule has 0 spiro atoms. The van der Waals surface area contributed by atoms with Crippen LogP contribution < -0.4 is 11.1 Å². The van der Waals surface area contributed by atoms with Crippen molar-refractivity contribution >= 4 is 59.9 Å². The Bertz CT molecular complexity index is 1530. The number of aromatic nitrogens is 2. The highest BCUT2D eigenvalue weighted by molar-refractivity contribution is 7.90. The van der Waals surface area contributed by atoms with Gasteiger partial charge in [-0.25, -0.2) is 13.4 Å². The van der Waals surface area contributed by atoms with Crippen molar-refractivity contribution in [3.8, 4) is 5.69 Å². The second-order valence-electron chi connectivity index (χ2n) is 7.51. The number of amides is 2. The summed E-state index contributed by atoms with van der Waals surface area (Å²) in [6, 6.07) is 11.5. The highest BCUT2D eigenvalue weighted by Crippen LogP contribution is 2.32. The molecule has 0 atom stereocenters. The van der Waals surface area contributed by atoms with Gasteiger partial charge < -0.3 is 10.3 Å². The Hall–Kier alpha value is -3.21. The molecule has 2 heterocycles. The Kier molecular flexibility index (Phi) is 5.77. The van der Waals surface area contributed by atoms with Crippen LogP contribution in [0.4, 0.5) is 5.13 Å². The molecule has 170 valence electrons. The van der Waals surface area contributed by atoms with Gasteiger partial charge in [0.05, 0.1) is 36.9 Å². The number of thiazole rings is 1. The fraction of sp³-hybridized carbons (Fsp3) is 0.136. The lowest BCUT2D eigenvalue weighted by atomic mass is 10.1. The number of rotatable bonds is 5. The van der Waals surface area contributed by atoms with E-state index < -0.39 is 21.7 Å². The summed E-state index contributed by atoms with van der Waals surface area (Å²) in [7, 11) is -3.38. The molecule has 0 saturated heterocycles. The van der Waals surface area contributed by atoms with Crippen molar-refractivity contribution in [2.75, 3.05) is 11.6 Å². The minimum absolute atomic E-state index is 0.0233. The number of sulfone groups is 1. The van der Waals surface area contributed by atoms with Gasteiger partial charge in [-0.1, -0.05) is 22.9 Å². The van der Waals surface area contributed by atoms with Gasteiger partial charge in [0.1, 0.15) is 0 Å². The molecule has 4 rings (SSSR count). The molecule has 0 aliphatic carbocycles. The lowest BCUT2D eigenvalue weighted by Crippen LogP contribution is -2.20. The highest BCUT2D eigenvalue weighted by Gasteiger charge is 2.24. The predicted octanol–water partition coefficient (Wildman–Crippen LogP) is 4.11. The molecule has 2 aromatic carbocycles. The number of aryl methyl sites for hydroxylation is 2. The normalized spacial score (nSPS) is 11.6. The molecule has 4 aromatic rings. The first-order valence-corrected chi connectivity index (χ1v) is 12.8. The third kappa shape index (κ3) is 4.24. The first-order chi connectivity index (χ1) is 15.5. The van der Waals surface area contributed by atoms with Gasteiger partial charge in [0.25, 0.3) is 5.91 Å². The third-order valence-corrected chi connectivity index (χ3v) is 7.57. The number of benzene rings is 2. The topological polar surface area (TPSA) is 124 Å². The molecule has 3 N–H and O–H groups in total. The largest absolute Gasteiger partial charge is 0.366 e. The molecule has 0 bridgehead atoms. The van der Waals surface area contributed by atoms with E-state index in [0.717, 1.165) is 29.0 Å². The van der Waals surface area contributed by atoms with Crippen LogP contribution in [-0.4, -0.2) is 36.0 Å². The maximum Gasteiger partial charge on any atom is 0.261 e. The Morgan fingerprint density at radius 1 is 1.09 bits per heavy atom. The van der Waals surface area contributed by atoms with Gasteiger partial charge in [-0.15, -0.1) is 0 Å². The first-order valence-electron chi connectivity index (χ1n) is 9.67. The second-order valence-corrected chi connectivity index (χ2v) is 10.9. The summed E-state index contributed by atoms with van der Waals surface area (Å²) < 4.78 is 26.1. The fourth-order valence-corrected chi connectivity index (χ4v) is 5.52. The molecule has 0 aliphatic rings. The van der Waals surface area contributed by atoms with Gasteiger partial charge in [0.2, 0.25) is 5.91 Å². The van der Waals surface area contributed by atoms with Crippen LogP contribution in [0.2, 0.25) is 5.02 Å². The minimum Gasteiger partial charge on any atom is -0.366 e. The van der Waals surface area contributed by atoms with Crippen molar-refractivity contribution in [3.63, 3.8) is 0 Å². The molecule has 8 nitrogen and oxygen atoms in total. The van der Waals surface area contributed by atoms with Crippen LogP contribution in [-0.2, 0) is 9.84 Å². The lowest BCUT2D eigenvalue weighted by Gasteiger charge is -2.17. The van der Waals surface area contributed by atoms with Gasteiger partial charge in [0, 0.05) is 17.6 Å². The second kappa shape index (κ2) is 8.29. The first kappa shape index (κ1) is 23.0. The number of nitrogens with two attached hydrogens (primary N) is 1. The van der Waals surface area contributed by atoms with Crippen LogP contribution in [0.3, 0.4) is 0 Å². The zero-order valence-corrected chi connectivity index (χ0v) is 20.2. The van der Waals surface area contributed by atoms with Gasteiger partial charge in [-0.2, -0.15) is 0 Å². The zero-order valence-electron chi connectivity index (χ0n) is 17.8. The lowest BCUT2D eigenvalue weighted by molar-refractivity contribution is 0.100. The van der Waals surface area contributed by atoms with Crippen LogP contribution >= 0.6 is 22.9 Å². The summed E-state index contributed by atoms with van der Waals surface area (Å²) in [5, 5.41) is 2.92. The van der Waals surface area contributed by atoms with Crippen LogP contribution in [0, 0.1) is 13.8 Å². The number of hydrogen-bond donors (Lipinski definition) is 2. The number of nitrogens with one attached hydrogen (secondary N) is 1. The van der Waals surface area contributed by atoms with Gasteiger partial charge in [-0.05, 0) is 56.3 Å². The minimum atomic E-state index is -3.38. The van der Waals surface area contributed by atoms with Crippen molar-refractivity contribution in [1.82, 2.24) is 9.55 Å². The molecule has 2 amide bonds. The Morgan fingerprint density at radius 3 is 2.36 bits per heavy atom. The zero-order chi connectivity index (χ0) is 24.1. The summed E-state index contributed by atoms with van der Waals surface area (Å²) in [4.78, 5) is 29.7.